The Bertz CT molecular complexity index is 632. The number of hydrogen-bond donors (Lipinski definition) is 2. The van der Waals surface area contributed by atoms with Crippen LogP contribution in [-0.4, -0.2) is 82.0 Å². The van der Waals surface area contributed by atoms with Crippen LogP contribution in [0.3, 0.4) is 0 Å². The molecule has 0 amide bonds. The minimum absolute atomic E-state index is 0. The molecule has 0 aromatic heterocycles. The fraction of sp³-hybridized carbons (Fsp3) is 0.944. The third-order valence-electron chi connectivity index (χ3n) is 5.81. The van der Waals surface area contributed by atoms with Crippen molar-refractivity contribution in [1.82, 2.24) is 19.8 Å². The number of rotatable bonds is 7. The largest absolute Gasteiger partial charge is 0.511 e. The first-order valence-electron chi connectivity index (χ1n) is 10.4. The number of piperidine rings is 2. The van der Waals surface area contributed by atoms with Gasteiger partial charge in [0, 0.05) is 33.2 Å². The summed E-state index contributed by atoms with van der Waals surface area (Å²) >= 11 is 0. The number of nitrogens with one attached hydrogen (secondary N) is 2. The third kappa shape index (κ3) is 8.30. The summed E-state index contributed by atoms with van der Waals surface area (Å²) < 4.78 is 61.3. The Morgan fingerprint density at radius 3 is 2.20 bits per heavy atom. The van der Waals surface area contributed by atoms with Crippen molar-refractivity contribution >= 4 is 40.0 Å². The molecule has 7 nitrogen and oxygen atoms in total. The van der Waals surface area contributed by atoms with Gasteiger partial charge >= 0.3 is 15.5 Å². The van der Waals surface area contributed by atoms with E-state index >= 15 is 0 Å². The minimum atomic E-state index is -5.23. The van der Waals surface area contributed by atoms with Gasteiger partial charge in [0.25, 0.3) is 0 Å². The van der Waals surface area contributed by atoms with Gasteiger partial charge in [0.15, 0.2) is 5.96 Å². The zero-order valence-electron chi connectivity index (χ0n) is 17.7. The topological polar surface area (TPSA) is 77.0 Å². The fourth-order valence-corrected chi connectivity index (χ4v) is 4.74. The number of sulfonamides is 1. The molecule has 2 fully saturated rings. The van der Waals surface area contributed by atoms with E-state index in [2.05, 4.69) is 27.4 Å². The van der Waals surface area contributed by atoms with E-state index in [-0.39, 0.29) is 43.0 Å². The third-order valence-corrected chi connectivity index (χ3v) is 7.44. The lowest BCUT2D eigenvalue weighted by atomic mass is 9.98. The van der Waals surface area contributed by atoms with Gasteiger partial charge in [0.2, 0.25) is 0 Å². The Balaban J connectivity index is 0.00000450. The number of nitrogens with zero attached hydrogens (tertiary/aromatic N) is 3. The Morgan fingerprint density at radius 1 is 1.07 bits per heavy atom. The molecular formula is C18H35F3IN5O2S. The van der Waals surface area contributed by atoms with Crippen molar-refractivity contribution in [1.29, 1.82) is 0 Å². The molecular weight excluding hydrogens is 534 g/mol. The fourth-order valence-electron chi connectivity index (χ4n) is 3.76. The second kappa shape index (κ2) is 12.6. The molecule has 0 radical (unpaired) electrons. The average Bonchev–Trinajstić information content (AvgIpc) is 2.68. The quantitative estimate of drug-likeness (QED) is 0.213. The molecule has 178 valence electrons. The molecule has 0 atom stereocenters. The summed E-state index contributed by atoms with van der Waals surface area (Å²) in [5, 5.41) is 6.47. The number of hydrogen-bond acceptors (Lipinski definition) is 4. The molecule has 0 bridgehead atoms. The maximum absolute atomic E-state index is 12.6. The molecule has 2 saturated heterocycles. The highest BCUT2D eigenvalue weighted by Crippen LogP contribution is 2.30. The van der Waals surface area contributed by atoms with Crippen molar-refractivity contribution < 1.29 is 21.6 Å². The molecule has 2 rings (SSSR count). The van der Waals surface area contributed by atoms with Crippen LogP contribution < -0.4 is 10.6 Å². The van der Waals surface area contributed by atoms with Crippen molar-refractivity contribution in [2.24, 2.45) is 16.8 Å². The van der Waals surface area contributed by atoms with Gasteiger partial charge in [-0.15, -0.1) is 24.0 Å². The average molecular weight is 569 g/mol. The Labute approximate surface area is 195 Å². The Morgan fingerprint density at radius 2 is 1.67 bits per heavy atom. The Kier molecular flexibility index (Phi) is 11.7. The summed E-state index contributed by atoms with van der Waals surface area (Å²) in [7, 11) is -3.53. The lowest BCUT2D eigenvalue weighted by Crippen LogP contribution is -2.47. The summed E-state index contributed by atoms with van der Waals surface area (Å²) in [5.74, 6) is 1.61. The van der Waals surface area contributed by atoms with Crippen molar-refractivity contribution in [3.63, 3.8) is 0 Å². The standard InChI is InChI=1S/C18H34F3N5O2S.HI/c1-15-4-10-25(11-5-15)9-3-8-23-17(22-2)24-14-16-6-12-26(13-7-16)29(27,28)18(19,20)21;/h15-16H,3-14H2,1-2H3,(H2,22,23,24);1H. The van der Waals surface area contributed by atoms with Crippen LogP contribution in [0.15, 0.2) is 4.99 Å². The van der Waals surface area contributed by atoms with Crippen LogP contribution in [0.25, 0.3) is 0 Å². The van der Waals surface area contributed by atoms with Crippen molar-refractivity contribution in [3.05, 3.63) is 0 Å². The van der Waals surface area contributed by atoms with Gasteiger partial charge in [-0.3, -0.25) is 4.99 Å². The van der Waals surface area contributed by atoms with E-state index in [0.717, 1.165) is 38.5 Å². The first-order chi connectivity index (χ1) is 13.6. The molecule has 2 N–H and O–H groups in total. The summed E-state index contributed by atoms with van der Waals surface area (Å²) in [4.78, 5) is 6.67. The lowest BCUT2D eigenvalue weighted by molar-refractivity contribution is -0.0496. The summed E-state index contributed by atoms with van der Waals surface area (Å²) in [6, 6.07) is 0. The number of aliphatic imine (C=N–C) groups is 1. The zero-order valence-corrected chi connectivity index (χ0v) is 20.9. The van der Waals surface area contributed by atoms with E-state index in [9.17, 15) is 21.6 Å². The monoisotopic (exact) mass is 569 g/mol. The molecule has 12 heteroatoms. The van der Waals surface area contributed by atoms with Crippen LogP contribution >= 0.6 is 24.0 Å². The highest BCUT2D eigenvalue weighted by molar-refractivity contribution is 14.0. The molecule has 2 aliphatic rings. The van der Waals surface area contributed by atoms with E-state index in [1.54, 1.807) is 7.05 Å². The number of likely N-dealkylation sites (tertiary alicyclic amines) is 1. The lowest BCUT2D eigenvalue weighted by Gasteiger charge is -2.32. The van der Waals surface area contributed by atoms with E-state index in [4.69, 9.17) is 0 Å². The maximum atomic E-state index is 12.6. The molecule has 0 unspecified atom stereocenters. The van der Waals surface area contributed by atoms with Gasteiger partial charge in [0.1, 0.15) is 0 Å². The first kappa shape index (κ1) is 27.7. The molecule has 0 aromatic rings. The molecule has 0 aromatic carbocycles. The van der Waals surface area contributed by atoms with Crippen LogP contribution in [0, 0.1) is 11.8 Å². The van der Waals surface area contributed by atoms with Gasteiger partial charge in [-0.25, -0.2) is 8.42 Å². The van der Waals surface area contributed by atoms with Crippen LogP contribution in [0.4, 0.5) is 13.2 Å². The van der Waals surface area contributed by atoms with Gasteiger partial charge in [0.05, 0.1) is 0 Å². The van der Waals surface area contributed by atoms with Crippen LogP contribution in [0.5, 0.6) is 0 Å². The predicted octanol–water partition coefficient (Wildman–Crippen LogP) is 2.45. The van der Waals surface area contributed by atoms with E-state index in [1.165, 1.54) is 12.8 Å². The van der Waals surface area contributed by atoms with Crippen molar-refractivity contribution in [3.8, 4) is 0 Å². The second-order valence-corrected chi connectivity index (χ2v) is 9.98. The summed E-state index contributed by atoms with van der Waals surface area (Å²) in [5.41, 5.74) is -5.23. The molecule has 0 saturated carbocycles. The first-order valence-corrected chi connectivity index (χ1v) is 11.8. The van der Waals surface area contributed by atoms with E-state index in [0.29, 0.717) is 29.7 Å². The number of alkyl halides is 3. The van der Waals surface area contributed by atoms with E-state index < -0.39 is 15.5 Å². The van der Waals surface area contributed by atoms with Crippen molar-refractivity contribution in [2.45, 2.75) is 44.5 Å². The van der Waals surface area contributed by atoms with Crippen LogP contribution in [-0.2, 0) is 10.0 Å². The molecule has 2 aliphatic heterocycles. The highest BCUT2D eigenvalue weighted by atomic mass is 127. The SMILES string of the molecule is CN=C(NCCCN1CCC(C)CC1)NCC1CCN(S(=O)(=O)C(F)(F)F)CC1.I. The smallest absolute Gasteiger partial charge is 0.356 e. The highest BCUT2D eigenvalue weighted by Gasteiger charge is 2.50. The molecule has 30 heavy (non-hydrogen) atoms. The van der Waals surface area contributed by atoms with Crippen LogP contribution in [0.1, 0.15) is 39.0 Å². The summed E-state index contributed by atoms with van der Waals surface area (Å²) in [6.07, 6.45) is 4.33. The normalized spacial score (nSPS) is 21.3. The second-order valence-electron chi connectivity index (χ2n) is 8.05. The maximum Gasteiger partial charge on any atom is 0.511 e. The van der Waals surface area contributed by atoms with Crippen LogP contribution in [0.2, 0.25) is 0 Å². The predicted molar refractivity (Wildman–Crippen MR) is 124 cm³/mol. The van der Waals surface area contributed by atoms with Crippen molar-refractivity contribution in [2.75, 3.05) is 52.9 Å². The number of halogens is 4. The molecule has 0 aliphatic carbocycles. The van der Waals surface area contributed by atoms with Gasteiger partial charge < -0.3 is 15.5 Å². The Hall–Kier alpha value is -0.340. The van der Waals surface area contributed by atoms with Gasteiger partial charge in [-0.05, 0) is 63.6 Å². The molecule has 0 spiro atoms. The summed E-state index contributed by atoms with van der Waals surface area (Å²) in [6.45, 7) is 6.84. The zero-order chi connectivity index (χ0) is 21.5. The van der Waals surface area contributed by atoms with E-state index in [1.807, 2.05) is 0 Å². The minimum Gasteiger partial charge on any atom is -0.356 e. The van der Waals surface area contributed by atoms with Gasteiger partial charge in [-0.2, -0.15) is 17.5 Å². The molecule has 2 heterocycles. The van der Waals surface area contributed by atoms with Gasteiger partial charge in [-0.1, -0.05) is 6.92 Å². The number of guanidine groups is 1.